The van der Waals surface area contributed by atoms with Crippen molar-refractivity contribution in [2.24, 2.45) is 0 Å². The van der Waals surface area contributed by atoms with Crippen LogP contribution in [0.15, 0.2) is 0 Å². The summed E-state index contributed by atoms with van der Waals surface area (Å²) in [6.45, 7) is 9.56. The summed E-state index contributed by atoms with van der Waals surface area (Å²) < 4.78 is 5.52. The van der Waals surface area contributed by atoms with E-state index in [-0.39, 0.29) is 30.3 Å². The maximum absolute atomic E-state index is 11.8. The van der Waals surface area contributed by atoms with Crippen molar-refractivity contribution in [1.29, 1.82) is 0 Å². The van der Waals surface area contributed by atoms with Crippen LogP contribution in [-0.2, 0) is 9.53 Å². The summed E-state index contributed by atoms with van der Waals surface area (Å²) in [5.74, 6) is -0.811. The SMILES string of the molecule is CCOC(C)(C)CNC(=O)NC1CC(N(CC)CC(=O)O)C1. The monoisotopic (exact) mass is 315 g/mol. The fourth-order valence-corrected chi connectivity index (χ4v) is 2.65. The van der Waals surface area contributed by atoms with E-state index in [0.29, 0.717) is 19.7 Å². The summed E-state index contributed by atoms with van der Waals surface area (Å²) >= 11 is 0. The van der Waals surface area contributed by atoms with Crippen molar-refractivity contribution in [3.63, 3.8) is 0 Å². The van der Waals surface area contributed by atoms with E-state index in [1.54, 1.807) is 0 Å². The summed E-state index contributed by atoms with van der Waals surface area (Å²) in [5.41, 5.74) is -0.380. The lowest BCUT2D eigenvalue weighted by molar-refractivity contribution is -0.139. The quantitative estimate of drug-likeness (QED) is 0.591. The van der Waals surface area contributed by atoms with Crippen molar-refractivity contribution in [1.82, 2.24) is 15.5 Å². The molecule has 22 heavy (non-hydrogen) atoms. The van der Waals surface area contributed by atoms with Gasteiger partial charge in [-0.05, 0) is 40.2 Å². The molecule has 3 N–H and O–H groups in total. The molecule has 0 unspecified atom stereocenters. The number of amides is 2. The van der Waals surface area contributed by atoms with Gasteiger partial charge in [-0.25, -0.2) is 4.79 Å². The molecule has 1 aliphatic rings. The normalized spacial score (nSPS) is 21.3. The minimum atomic E-state index is -0.811. The Morgan fingerprint density at radius 2 is 1.95 bits per heavy atom. The van der Waals surface area contributed by atoms with Crippen LogP contribution in [0.4, 0.5) is 4.79 Å². The predicted octanol–water partition coefficient (Wildman–Crippen LogP) is 1.04. The van der Waals surface area contributed by atoms with Gasteiger partial charge in [0.25, 0.3) is 0 Å². The summed E-state index contributed by atoms with van der Waals surface area (Å²) in [5, 5.41) is 14.6. The predicted molar refractivity (Wildman–Crippen MR) is 83.9 cm³/mol. The molecule has 0 aliphatic heterocycles. The Morgan fingerprint density at radius 3 is 2.45 bits per heavy atom. The van der Waals surface area contributed by atoms with Gasteiger partial charge >= 0.3 is 12.0 Å². The maximum Gasteiger partial charge on any atom is 0.317 e. The molecule has 0 aromatic carbocycles. The Kier molecular flexibility index (Phi) is 7.09. The van der Waals surface area contributed by atoms with Crippen molar-refractivity contribution in [2.75, 3.05) is 26.2 Å². The van der Waals surface area contributed by atoms with Crippen LogP contribution in [0.5, 0.6) is 0 Å². The van der Waals surface area contributed by atoms with Crippen molar-refractivity contribution in [2.45, 2.75) is 58.2 Å². The first-order valence-electron chi connectivity index (χ1n) is 7.91. The van der Waals surface area contributed by atoms with Crippen molar-refractivity contribution >= 4 is 12.0 Å². The summed E-state index contributed by atoms with van der Waals surface area (Å²) in [6, 6.07) is 0.159. The van der Waals surface area contributed by atoms with Crippen LogP contribution in [0.2, 0.25) is 0 Å². The summed E-state index contributed by atoms with van der Waals surface area (Å²) in [6.07, 6.45) is 1.59. The molecule has 0 bridgehead atoms. The third-order valence-electron chi connectivity index (χ3n) is 3.92. The van der Waals surface area contributed by atoms with E-state index < -0.39 is 5.97 Å². The zero-order valence-corrected chi connectivity index (χ0v) is 14.0. The molecule has 0 heterocycles. The average Bonchev–Trinajstić information content (AvgIpc) is 2.37. The van der Waals surface area contributed by atoms with Gasteiger partial charge in [0.05, 0.1) is 12.1 Å². The molecule has 0 radical (unpaired) electrons. The number of ether oxygens (including phenoxy) is 1. The molecular formula is C15H29N3O4. The number of urea groups is 1. The van der Waals surface area contributed by atoms with E-state index in [4.69, 9.17) is 9.84 Å². The second kappa shape index (κ2) is 8.33. The Labute approximate surface area is 132 Å². The third-order valence-corrected chi connectivity index (χ3v) is 3.92. The molecular weight excluding hydrogens is 286 g/mol. The number of carbonyl (C=O) groups excluding carboxylic acids is 1. The lowest BCUT2D eigenvalue weighted by Gasteiger charge is -2.42. The average molecular weight is 315 g/mol. The highest BCUT2D eigenvalue weighted by molar-refractivity contribution is 5.74. The van der Waals surface area contributed by atoms with Gasteiger partial charge in [-0.1, -0.05) is 6.92 Å². The number of carboxylic acids is 1. The molecule has 0 aromatic rings. The number of likely N-dealkylation sites (N-methyl/N-ethyl adjacent to an activating group) is 1. The number of hydrogen-bond donors (Lipinski definition) is 3. The highest BCUT2D eigenvalue weighted by Gasteiger charge is 2.34. The minimum Gasteiger partial charge on any atom is -0.480 e. The van der Waals surface area contributed by atoms with Crippen LogP contribution in [0.25, 0.3) is 0 Å². The maximum atomic E-state index is 11.8. The Hall–Kier alpha value is -1.34. The first kappa shape index (κ1) is 18.7. The topological polar surface area (TPSA) is 90.9 Å². The van der Waals surface area contributed by atoms with Gasteiger partial charge in [0.15, 0.2) is 0 Å². The highest BCUT2D eigenvalue weighted by atomic mass is 16.5. The van der Waals surface area contributed by atoms with Crippen LogP contribution in [0.3, 0.4) is 0 Å². The molecule has 0 saturated heterocycles. The Bertz CT molecular complexity index is 381. The second-order valence-electron chi connectivity index (χ2n) is 6.30. The number of carboxylic acid groups (broad SMARTS) is 1. The Balaban J connectivity index is 2.25. The summed E-state index contributed by atoms with van der Waals surface area (Å²) in [4.78, 5) is 24.5. The van der Waals surface area contributed by atoms with Crippen LogP contribution in [-0.4, -0.2) is 65.9 Å². The van der Waals surface area contributed by atoms with Crippen LogP contribution in [0, 0.1) is 0 Å². The highest BCUT2D eigenvalue weighted by Crippen LogP contribution is 2.25. The van der Waals surface area contributed by atoms with Crippen LogP contribution < -0.4 is 10.6 Å². The van der Waals surface area contributed by atoms with Crippen LogP contribution in [0.1, 0.15) is 40.5 Å². The summed E-state index contributed by atoms with van der Waals surface area (Å²) in [7, 11) is 0. The molecule has 0 spiro atoms. The van der Waals surface area contributed by atoms with E-state index in [2.05, 4.69) is 10.6 Å². The second-order valence-corrected chi connectivity index (χ2v) is 6.30. The number of rotatable bonds is 9. The Morgan fingerprint density at radius 1 is 1.32 bits per heavy atom. The molecule has 128 valence electrons. The lowest BCUT2D eigenvalue weighted by atomic mass is 9.85. The van der Waals surface area contributed by atoms with E-state index in [0.717, 1.165) is 12.8 Å². The molecule has 0 aromatic heterocycles. The molecule has 7 heteroatoms. The molecule has 7 nitrogen and oxygen atoms in total. The number of nitrogens with one attached hydrogen (secondary N) is 2. The van der Waals surface area contributed by atoms with Gasteiger partial charge < -0.3 is 20.5 Å². The van der Waals surface area contributed by atoms with E-state index in [1.165, 1.54) is 0 Å². The zero-order chi connectivity index (χ0) is 16.8. The van der Waals surface area contributed by atoms with E-state index >= 15 is 0 Å². The van der Waals surface area contributed by atoms with Gasteiger partial charge in [0.1, 0.15) is 0 Å². The fraction of sp³-hybridized carbons (Fsp3) is 0.867. The van der Waals surface area contributed by atoms with E-state index in [1.807, 2.05) is 32.6 Å². The van der Waals surface area contributed by atoms with Gasteiger partial charge in [0.2, 0.25) is 0 Å². The fourth-order valence-electron chi connectivity index (χ4n) is 2.65. The largest absolute Gasteiger partial charge is 0.480 e. The standard InChI is InChI=1S/C15H29N3O4/c1-5-18(9-13(19)20)12-7-11(8-12)17-14(21)16-10-15(3,4)22-6-2/h11-12H,5-10H2,1-4H3,(H,19,20)(H2,16,17,21). The molecule has 1 rings (SSSR count). The number of hydrogen-bond acceptors (Lipinski definition) is 4. The van der Waals surface area contributed by atoms with Crippen molar-refractivity contribution in [3.05, 3.63) is 0 Å². The van der Waals surface area contributed by atoms with Gasteiger partial charge in [-0.2, -0.15) is 0 Å². The number of nitrogens with zero attached hydrogens (tertiary/aromatic N) is 1. The van der Waals surface area contributed by atoms with Crippen molar-refractivity contribution < 1.29 is 19.4 Å². The number of aliphatic carboxylic acids is 1. The smallest absolute Gasteiger partial charge is 0.317 e. The minimum absolute atomic E-state index is 0.0582. The molecule has 1 fully saturated rings. The lowest BCUT2D eigenvalue weighted by Crippen LogP contribution is -2.57. The molecule has 0 atom stereocenters. The van der Waals surface area contributed by atoms with Gasteiger partial charge in [-0.3, -0.25) is 9.69 Å². The van der Waals surface area contributed by atoms with Crippen LogP contribution >= 0.6 is 0 Å². The first-order valence-corrected chi connectivity index (χ1v) is 7.91. The zero-order valence-electron chi connectivity index (χ0n) is 14.0. The van der Waals surface area contributed by atoms with Gasteiger partial charge in [0, 0.05) is 25.2 Å². The third kappa shape index (κ3) is 6.19. The first-order chi connectivity index (χ1) is 10.3. The number of carbonyl (C=O) groups is 2. The molecule has 2 amide bonds. The molecule has 1 aliphatic carbocycles. The van der Waals surface area contributed by atoms with Gasteiger partial charge in [-0.15, -0.1) is 0 Å². The molecule has 1 saturated carbocycles. The van der Waals surface area contributed by atoms with Crippen molar-refractivity contribution in [3.8, 4) is 0 Å². The van der Waals surface area contributed by atoms with E-state index in [9.17, 15) is 9.59 Å².